The Hall–Kier alpha value is -2.00. The second-order valence-electron chi connectivity index (χ2n) is 4.70. The minimum absolute atomic E-state index is 0.103. The SMILES string of the molecule is Cc1ccc(Cl)c(NC(C)C(=O)Nc2ccccc2)c1. The van der Waals surface area contributed by atoms with Crippen LogP contribution in [-0.2, 0) is 4.79 Å². The zero-order chi connectivity index (χ0) is 14.5. The van der Waals surface area contributed by atoms with Gasteiger partial charge in [-0.25, -0.2) is 0 Å². The number of hydrogen-bond acceptors (Lipinski definition) is 2. The smallest absolute Gasteiger partial charge is 0.246 e. The minimum atomic E-state index is -0.380. The monoisotopic (exact) mass is 288 g/mol. The van der Waals surface area contributed by atoms with Crippen molar-refractivity contribution in [1.82, 2.24) is 0 Å². The molecule has 2 aromatic carbocycles. The van der Waals surface area contributed by atoms with Gasteiger partial charge < -0.3 is 10.6 Å². The predicted octanol–water partition coefficient (Wildman–Crippen LogP) is 4.09. The van der Waals surface area contributed by atoms with Crippen molar-refractivity contribution >= 4 is 28.9 Å². The minimum Gasteiger partial charge on any atom is -0.373 e. The van der Waals surface area contributed by atoms with E-state index in [0.717, 1.165) is 16.9 Å². The van der Waals surface area contributed by atoms with E-state index in [2.05, 4.69) is 10.6 Å². The standard InChI is InChI=1S/C16H17ClN2O/c1-11-8-9-14(17)15(10-11)18-12(2)16(20)19-13-6-4-3-5-7-13/h3-10,12,18H,1-2H3,(H,19,20). The maximum atomic E-state index is 12.1. The molecule has 1 unspecified atom stereocenters. The second-order valence-corrected chi connectivity index (χ2v) is 5.11. The van der Waals surface area contributed by atoms with Gasteiger partial charge in [0, 0.05) is 5.69 Å². The fourth-order valence-electron chi connectivity index (χ4n) is 1.82. The van der Waals surface area contributed by atoms with Gasteiger partial charge in [0.2, 0.25) is 5.91 Å². The fourth-order valence-corrected chi connectivity index (χ4v) is 1.99. The van der Waals surface area contributed by atoms with Crippen molar-refractivity contribution in [3.05, 3.63) is 59.1 Å². The van der Waals surface area contributed by atoms with Crippen LogP contribution in [-0.4, -0.2) is 11.9 Å². The van der Waals surface area contributed by atoms with Crippen molar-refractivity contribution in [2.45, 2.75) is 19.9 Å². The van der Waals surface area contributed by atoms with E-state index in [4.69, 9.17) is 11.6 Å². The number of carbonyl (C=O) groups is 1. The Morgan fingerprint density at radius 1 is 1.15 bits per heavy atom. The first-order valence-corrected chi connectivity index (χ1v) is 6.82. The van der Waals surface area contributed by atoms with Gasteiger partial charge in [-0.3, -0.25) is 4.79 Å². The van der Waals surface area contributed by atoms with E-state index in [1.807, 2.05) is 55.5 Å². The molecule has 0 aliphatic heterocycles. The summed E-state index contributed by atoms with van der Waals surface area (Å²) in [5.74, 6) is -0.103. The highest BCUT2D eigenvalue weighted by Crippen LogP contribution is 2.23. The summed E-state index contributed by atoms with van der Waals surface area (Å²) < 4.78 is 0. The van der Waals surface area contributed by atoms with Gasteiger partial charge in [-0.1, -0.05) is 35.9 Å². The van der Waals surface area contributed by atoms with Crippen LogP contribution in [0.5, 0.6) is 0 Å². The number of halogens is 1. The number of aryl methyl sites for hydroxylation is 1. The van der Waals surface area contributed by atoms with Gasteiger partial charge in [0.25, 0.3) is 0 Å². The molecule has 3 nitrogen and oxygen atoms in total. The summed E-state index contributed by atoms with van der Waals surface area (Å²) in [5.41, 5.74) is 2.64. The third-order valence-corrected chi connectivity index (χ3v) is 3.26. The molecular formula is C16H17ClN2O. The summed E-state index contributed by atoms with van der Waals surface area (Å²) >= 11 is 6.11. The highest BCUT2D eigenvalue weighted by Gasteiger charge is 2.14. The van der Waals surface area contributed by atoms with E-state index in [1.165, 1.54) is 0 Å². The molecule has 2 aromatic rings. The Labute approximate surface area is 124 Å². The largest absolute Gasteiger partial charge is 0.373 e. The Morgan fingerprint density at radius 3 is 2.55 bits per heavy atom. The first-order chi connectivity index (χ1) is 9.56. The molecule has 0 bridgehead atoms. The normalized spacial score (nSPS) is 11.8. The van der Waals surface area contributed by atoms with E-state index in [0.29, 0.717) is 5.02 Å². The molecule has 4 heteroatoms. The Kier molecular flexibility index (Phi) is 4.64. The zero-order valence-corrected chi connectivity index (χ0v) is 12.2. The number of hydrogen-bond donors (Lipinski definition) is 2. The lowest BCUT2D eigenvalue weighted by molar-refractivity contribution is -0.116. The molecule has 104 valence electrons. The average molecular weight is 289 g/mol. The van der Waals surface area contributed by atoms with Crippen molar-refractivity contribution in [2.75, 3.05) is 10.6 Å². The van der Waals surface area contributed by atoms with Crippen LogP contribution >= 0.6 is 11.6 Å². The van der Waals surface area contributed by atoms with Crippen LogP contribution < -0.4 is 10.6 Å². The van der Waals surface area contributed by atoms with E-state index in [1.54, 1.807) is 6.92 Å². The quantitative estimate of drug-likeness (QED) is 0.890. The summed E-state index contributed by atoms with van der Waals surface area (Å²) in [6.45, 7) is 3.78. The molecule has 0 fully saturated rings. The topological polar surface area (TPSA) is 41.1 Å². The Bertz CT molecular complexity index is 599. The van der Waals surface area contributed by atoms with Gasteiger partial charge in [0.05, 0.1) is 10.7 Å². The number of nitrogens with one attached hydrogen (secondary N) is 2. The van der Waals surface area contributed by atoms with E-state index in [-0.39, 0.29) is 11.9 Å². The summed E-state index contributed by atoms with van der Waals surface area (Å²) in [7, 11) is 0. The van der Waals surface area contributed by atoms with Gasteiger partial charge >= 0.3 is 0 Å². The molecule has 0 aliphatic carbocycles. The van der Waals surface area contributed by atoms with Crippen LogP contribution in [0.25, 0.3) is 0 Å². The van der Waals surface area contributed by atoms with Crippen LogP contribution in [0.4, 0.5) is 11.4 Å². The van der Waals surface area contributed by atoms with E-state index >= 15 is 0 Å². The lowest BCUT2D eigenvalue weighted by Crippen LogP contribution is -2.31. The van der Waals surface area contributed by atoms with Crippen LogP contribution in [0.1, 0.15) is 12.5 Å². The molecule has 0 heterocycles. The summed E-state index contributed by atoms with van der Waals surface area (Å²) in [5, 5.41) is 6.58. The molecule has 0 saturated carbocycles. The summed E-state index contributed by atoms with van der Waals surface area (Å²) in [6, 6.07) is 14.7. The Morgan fingerprint density at radius 2 is 1.85 bits per heavy atom. The molecule has 0 radical (unpaired) electrons. The Balaban J connectivity index is 2.02. The van der Waals surface area contributed by atoms with Gasteiger partial charge in [-0.2, -0.15) is 0 Å². The first-order valence-electron chi connectivity index (χ1n) is 6.45. The maximum Gasteiger partial charge on any atom is 0.246 e. The van der Waals surface area contributed by atoms with Crippen LogP contribution in [0.3, 0.4) is 0 Å². The maximum absolute atomic E-state index is 12.1. The molecule has 0 aliphatic rings. The van der Waals surface area contributed by atoms with Crippen molar-refractivity contribution in [3.8, 4) is 0 Å². The predicted molar refractivity (Wildman–Crippen MR) is 84.3 cm³/mol. The second kappa shape index (κ2) is 6.44. The molecule has 0 spiro atoms. The molecule has 20 heavy (non-hydrogen) atoms. The fraction of sp³-hybridized carbons (Fsp3) is 0.188. The number of para-hydroxylation sites is 1. The summed E-state index contributed by atoms with van der Waals surface area (Å²) in [6.07, 6.45) is 0. The van der Waals surface area contributed by atoms with Crippen molar-refractivity contribution in [2.24, 2.45) is 0 Å². The lowest BCUT2D eigenvalue weighted by atomic mass is 10.2. The van der Waals surface area contributed by atoms with Crippen LogP contribution in [0, 0.1) is 6.92 Å². The number of carbonyl (C=O) groups excluding carboxylic acids is 1. The van der Waals surface area contributed by atoms with Gasteiger partial charge in [-0.05, 0) is 43.7 Å². The molecule has 1 atom stereocenters. The molecule has 0 aromatic heterocycles. The highest BCUT2D eigenvalue weighted by molar-refractivity contribution is 6.33. The third-order valence-electron chi connectivity index (χ3n) is 2.93. The van der Waals surface area contributed by atoms with Crippen molar-refractivity contribution < 1.29 is 4.79 Å². The third kappa shape index (κ3) is 3.75. The van der Waals surface area contributed by atoms with Gasteiger partial charge in [0.1, 0.15) is 6.04 Å². The lowest BCUT2D eigenvalue weighted by Gasteiger charge is -2.16. The van der Waals surface area contributed by atoms with E-state index in [9.17, 15) is 4.79 Å². The van der Waals surface area contributed by atoms with Gasteiger partial charge in [-0.15, -0.1) is 0 Å². The number of benzene rings is 2. The number of anilines is 2. The molecule has 0 saturated heterocycles. The average Bonchev–Trinajstić information content (AvgIpc) is 2.44. The summed E-state index contributed by atoms with van der Waals surface area (Å²) in [4.78, 5) is 12.1. The van der Waals surface area contributed by atoms with Crippen molar-refractivity contribution in [3.63, 3.8) is 0 Å². The number of rotatable bonds is 4. The molecule has 1 amide bonds. The first kappa shape index (κ1) is 14.4. The van der Waals surface area contributed by atoms with Crippen LogP contribution in [0.15, 0.2) is 48.5 Å². The van der Waals surface area contributed by atoms with Crippen LogP contribution in [0.2, 0.25) is 5.02 Å². The number of amides is 1. The zero-order valence-electron chi connectivity index (χ0n) is 11.5. The molecule has 2 N–H and O–H groups in total. The molecular weight excluding hydrogens is 272 g/mol. The highest BCUT2D eigenvalue weighted by atomic mass is 35.5. The van der Waals surface area contributed by atoms with Gasteiger partial charge in [0.15, 0.2) is 0 Å². The molecule has 2 rings (SSSR count). The van der Waals surface area contributed by atoms with Crippen molar-refractivity contribution in [1.29, 1.82) is 0 Å². The van der Waals surface area contributed by atoms with E-state index < -0.39 is 0 Å².